The second-order valence-electron chi connectivity index (χ2n) is 10.6. The van der Waals surface area contributed by atoms with Crippen molar-refractivity contribution < 1.29 is 35.1 Å². The van der Waals surface area contributed by atoms with E-state index >= 15 is 4.39 Å². The molecule has 0 radical (unpaired) electrons. The van der Waals surface area contributed by atoms with E-state index in [1.54, 1.807) is 0 Å². The van der Waals surface area contributed by atoms with E-state index in [0.717, 1.165) is 33.4 Å². The van der Waals surface area contributed by atoms with Crippen LogP contribution in [-0.4, -0.2) is 85.6 Å². The molecule has 16 heteroatoms. The maximum atomic E-state index is 15.6. The van der Waals surface area contributed by atoms with Gasteiger partial charge in [-0.25, -0.2) is 39.2 Å². The summed E-state index contributed by atoms with van der Waals surface area (Å²) in [6, 6.07) is 5.77. The number of anilines is 1. The average Bonchev–Trinajstić information content (AvgIpc) is 3.60. The van der Waals surface area contributed by atoms with E-state index in [2.05, 4.69) is 15.6 Å². The van der Waals surface area contributed by atoms with Crippen LogP contribution in [0, 0.1) is 17.0 Å². The molecule has 0 saturated carbocycles. The highest BCUT2D eigenvalue weighted by molar-refractivity contribution is 7.91. The predicted octanol–water partition coefficient (Wildman–Crippen LogP) is 1.58. The summed E-state index contributed by atoms with van der Waals surface area (Å²) in [7, 11) is -7.18. The summed E-state index contributed by atoms with van der Waals surface area (Å²) >= 11 is 0. The van der Waals surface area contributed by atoms with Gasteiger partial charge in [0.05, 0.1) is 23.6 Å². The number of ether oxygens (including phenoxy) is 1. The fourth-order valence-electron chi connectivity index (χ4n) is 5.79. The lowest BCUT2D eigenvalue weighted by molar-refractivity contribution is 0.102. The van der Waals surface area contributed by atoms with Gasteiger partial charge in [-0.15, -0.1) is 0 Å². The Morgan fingerprint density at radius 2 is 2.05 bits per heavy atom. The molecule has 3 aliphatic rings. The first-order valence-corrected chi connectivity index (χ1v) is 15.9. The number of nitrogens with one attached hydrogen (secondary N) is 3. The second-order valence-corrected chi connectivity index (χ2v) is 14.9. The molecule has 4 heterocycles. The Morgan fingerprint density at radius 1 is 1.29 bits per heavy atom. The number of nitrogens with zero attached hydrogens (tertiary/aromatic N) is 3. The lowest BCUT2D eigenvalue weighted by atomic mass is 9.77. The molecule has 3 atom stereocenters. The third kappa shape index (κ3) is 4.85. The molecule has 222 valence electrons. The number of sulfonamides is 2. The molecule has 0 aliphatic carbocycles. The fourth-order valence-corrected chi connectivity index (χ4v) is 9.76. The van der Waals surface area contributed by atoms with Crippen molar-refractivity contribution in [3.8, 4) is 0 Å². The van der Waals surface area contributed by atoms with Gasteiger partial charge in [-0.3, -0.25) is 10.2 Å². The Balaban J connectivity index is 1.54. The maximum Gasteiger partial charge on any atom is 0.274 e. The average molecular weight is 613 g/mol. The zero-order chi connectivity index (χ0) is 29.8. The van der Waals surface area contributed by atoms with E-state index in [-0.39, 0.29) is 35.7 Å². The number of carbonyl (C=O) groups is 1. The molecule has 1 aromatic heterocycles. The number of halogens is 2. The Bertz CT molecular complexity index is 1600. The van der Waals surface area contributed by atoms with Crippen LogP contribution in [0.2, 0.25) is 0 Å². The smallest absolute Gasteiger partial charge is 0.274 e. The molecular formula is C25H30F2N6O6S2. The van der Waals surface area contributed by atoms with Gasteiger partial charge in [0.2, 0.25) is 26.0 Å². The largest absolute Gasteiger partial charge is 0.377 e. The molecule has 1 aromatic carbocycles. The zero-order valence-electron chi connectivity index (χ0n) is 22.4. The minimum atomic E-state index is -4.42. The molecule has 1 unspecified atom stereocenters. The number of rotatable bonds is 6. The monoisotopic (exact) mass is 612 g/mol. The van der Waals surface area contributed by atoms with Gasteiger partial charge in [0, 0.05) is 38.0 Å². The van der Waals surface area contributed by atoms with Gasteiger partial charge in [0.1, 0.15) is 22.1 Å². The van der Waals surface area contributed by atoms with Crippen LogP contribution in [0.5, 0.6) is 0 Å². The van der Waals surface area contributed by atoms with Crippen molar-refractivity contribution in [2.75, 3.05) is 37.8 Å². The minimum absolute atomic E-state index is 0.0828. The summed E-state index contributed by atoms with van der Waals surface area (Å²) in [6.07, 6.45) is 1.50. The van der Waals surface area contributed by atoms with Crippen molar-refractivity contribution in [1.29, 1.82) is 5.41 Å². The number of amides is 1. The summed E-state index contributed by atoms with van der Waals surface area (Å²) in [5.74, 6) is -3.00. The molecular weight excluding hydrogens is 582 g/mol. The van der Waals surface area contributed by atoms with Gasteiger partial charge in [0.15, 0.2) is 0 Å². The van der Waals surface area contributed by atoms with Gasteiger partial charge in [-0.2, -0.15) is 0 Å². The van der Waals surface area contributed by atoms with Gasteiger partial charge < -0.3 is 15.4 Å². The van der Waals surface area contributed by atoms with Crippen LogP contribution in [0.3, 0.4) is 0 Å². The number of benzene rings is 1. The van der Waals surface area contributed by atoms with Crippen molar-refractivity contribution in [2.24, 2.45) is 0 Å². The van der Waals surface area contributed by atoms with Crippen LogP contribution in [0.25, 0.3) is 0 Å². The van der Waals surface area contributed by atoms with E-state index in [0.29, 0.717) is 13.0 Å². The third-order valence-corrected chi connectivity index (χ3v) is 12.7. The van der Waals surface area contributed by atoms with E-state index < -0.39 is 66.5 Å². The SMILES string of the molecule is CN1C(=N)N[C@](C)(c2cc(NC(=O)c3ccc(F)cn3)ccc2F)[C@@]2(CCN(S(=O)(=O)CC3CCCO3)C2)S1(=O)=O. The molecule has 0 bridgehead atoms. The first kappa shape index (κ1) is 29.3. The highest BCUT2D eigenvalue weighted by Crippen LogP contribution is 2.50. The van der Waals surface area contributed by atoms with Crippen LogP contribution >= 0.6 is 0 Å². The van der Waals surface area contributed by atoms with Gasteiger partial charge in [0.25, 0.3) is 5.91 Å². The van der Waals surface area contributed by atoms with Crippen molar-refractivity contribution in [3.05, 3.63) is 59.4 Å². The first-order valence-electron chi connectivity index (χ1n) is 12.9. The number of hydrogen-bond acceptors (Lipinski definition) is 8. The van der Waals surface area contributed by atoms with Crippen LogP contribution in [0.4, 0.5) is 14.5 Å². The van der Waals surface area contributed by atoms with Crippen molar-refractivity contribution in [2.45, 2.75) is 42.6 Å². The van der Waals surface area contributed by atoms with Crippen LogP contribution < -0.4 is 10.6 Å². The second kappa shape index (κ2) is 10.3. The van der Waals surface area contributed by atoms with E-state index in [9.17, 15) is 26.0 Å². The normalized spacial score (nSPS) is 28.1. The topological polar surface area (TPSA) is 162 Å². The molecule has 1 spiro atoms. The van der Waals surface area contributed by atoms with Crippen molar-refractivity contribution in [3.63, 3.8) is 0 Å². The summed E-state index contributed by atoms with van der Waals surface area (Å²) in [5, 5.41) is 13.7. The number of hydrogen-bond donors (Lipinski definition) is 3. The van der Waals surface area contributed by atoms with E-state index in [1.165, 1.54) is 32.2 Å². The summed E-state index contributed by atoms with van der Waals surface area (Å²) < 4.78 is 88.9. The maximum absolute atomic E-state index is 15.6. The molecule has 3 N–H and O–H groups in total. The van der Waals surface area contributed by atoms with Crippen molar-refractivity contribution >= 4 is 37.6 Å². The lowest BCUT2D eigenvalue weighted by Crippen LogP contribution is -2.74. The van der Waals surface area contributed by atoms with E-state index in [4.69, 9.17) is 10.1 Å². The predicted molar refractivity (Wildman–Crippen MR) is 145 cm³/mol. The fraction of sp³-hybridized carbons (Fsp3) is 0.480. The Labute approximate surface area is 236 Å². The van der Waals surface area contributed by atoms with Crippen LogP contribution in [0.1, 0.15) is 42.2 Å². The van der Waals surface area contributed by atoms with Gasteiger partial charge in [-0.1, -0.05) is 0 Å². The van der Waals surface area contributed by atoms with Crippen LogP contribution in [-0.2, 0) is 30.3 Å². The Morgan fingerprint density at radius 3 is 2.71 bits per heavy atom. The van der Waals surface area contributed by atoms with Gasteiger partial charge >= 0.3 is 0 Å². The third-order valence-electron chi connectivity index (χ3n) is 8.18. The lowest BCUT2D eigenvalue weighted by Gasteiger charge is -2.52. The first-order chi connectivity index (χ1) is 19.2. The van der Waals surface area contributed by atoms with Crippen molar-refractivity contribution in [1.82, 2.24) is 18.9 Å². The molecule has 2 aromatic rings. The standard InChI is InChI=1S/C25H30F2N6O6S2/c1-24(19-12-17(6-7-20(19)27)30-22(34)21-8-5-16(26)13-29-21)25(41(37,38)32(2)23(28)31-24)9-10-33(15-25)40(35,36)14-18-4-3-11-39-18/h5-8,12-13,18H,3-4,9-11,14-15H2,1-2H3,(H2,28,31)(H,30,34)/t18?,24-,25+/m1/s1. The van der Waals surface area contributed by atoms with Gasteiger partial charge in [-0.05, 0) is 56.5 Å². The molecule has 3 saturated heterocycles. The number of carbonyl (C=O) groups excluding carboxylic acids is 1. The number of guanidine groups is 1. The molecule has 3 aliphatic heterocycles. The molecule has 41 heavy (non-hydrogen) atoms. The Hall–Kier alpha value is -3.21. The molecule has 1 amide bonds. The number of aromatic nitrogens is 1. The summed E-state index contributed by atoms with van der Waals surface area (Å²) in [6.45, 7) is 1.24. The minimum Gasteiger partial charge on any atom is -0.377 e. The quantitative estimate of drug-likeness (QED) is 0.443. The summed E-state index contributed by atoms with van der Waals surface area (Å²) in [5.41, 5.74) is -2.05. The highest BCUT2D eigenvalue weighted by atomic mass is 32.2. The molecule has 5 rings (SSSR count). The summed E-state index contributed by atoms with van der Waals surface area (Å²) in [4.78, 5) is 16.4. The highest BCUT2D eigenvalue weighted by Gasteiger charge is 2.67. The molecule has 3 fully saturated rings. The Kier molecular flexibility index (Phi) is 7.33. The van der Waals surface area contributed by atoms with Crippen LogP contribution in [0.15, 0.2) is 36.5 Å². The molecule has 12 nitrogen and oxygen atoms in total. The number of pyridine rings is 1. The zero-order valence-corrected chi connectivity index (χ0v) is 24.0. The van der Waals surface area contributed by atoms with E-state index in [1.807, 2.05) is 0 Å².